The quantitative estimate of drug-likeness (QED) is 0.581. The summed E-state index contributed by atoms with van der Waals surface area (Å²) in [4.78, 5) is 12.9. The number of benzene rings is 2. The first-order valence-corrected chi connectivity index (χ1v) is 12.3. The molecular formula is C22H26Cl2N2O3S. The Morgan fingerprint density at radius 2 is 1.63 bits per heavy atom. The summed E-state index contributed by atoms with van der Waals surface area (Å²) in [6, 6.07) is 11.2. The summed E-state index contributed by atoms with van der Waals surface area (Å²) in [5.41, 5.74) is 1.24. The van der Waals surface area contributed by atoms with E-state index in [4.69, 9.17) is 23.2 Å². The fourth-order valence-electron chi connectivity index (χ4n) is 3.62. The number of aryl methyl sites for hydroxylation is 1. The van der Waals surface area contributed by atoms with Crippen molar-refractivity contribution < 1.29 is 13.2 Å². The Morgan fingerprint density at radius 3 is 2.23 bits per heavy atom. The fraction of sp³-hybridized carbons (Fsp3) is 0.409. The van der Waals surface area contributed by atoms with Gasteiger partial charge in [0.1, 0.15) is 6.54 Å². The summed E-state index contributed by atoms with van der Waals surface area (Å²) >= 11 is 12.1. The number of hydrogen-bond acceptors (Lipinski definition) is 3. The van der Waals surface area contributed by atoms with Crippen LogP contribution in [0.15, 0.2) is 47.4 Å². The third kappa shape index (κ3) is 5.68. The first-order chi connectivity index (χ1) is 14.3. The average Bonchev–Trinajstić information content (AvgIpc) is 2.97. The van der Waals surface area contributed by atoms with Crippen LogP contribution in [0.2, 0.25) is 10.0 Å². The van der Waals surface area contributed by atoms with Crippen LogP contribution in [0.4, 0.5) is 5.69 Å². The molecule has 0 saturated heterocycles. The highest BCUT2D eigenvalue weighted by Crippen LogP contribution is 2.30. The molecule has 2 aromatic carbocycles. The molecule has 0 atom stereocenters. The van der Waals surface area contributed by atoms with Crippen molar-refractivity contribution in [1.29, 1.82) is 0 Å². The van der Waals surface area contributed by atoms with E-state index in [1.54, 1.807) is 30.3 Å². The molecule has 1 aliphatic rings. The first-order valence-electron chi connectivity index (χ1n) is 10.1. The molecule has 5 nitrogen and oxygen atoms in total. The third-order valence-electron chi connectivity index (χ3n) is 5.31. The van der Waals surface area contributed by atoms with Gasteiger partial charge in [0, 0.05) is 6.04 Å². The molecule has 1 N–H and O–H groups in total. The second-order valence-corrected chi connectivity index (χ2v) is 10.4. The summed E-state index contributed by atoms with van der Waals surface area (Å²) in [6.07, 6.45) is 6.33. The van der Waals surface area contributed by atoms with Crippen LogP contribution in [-0.4, -0.2) is 26.9 Å². The van der Waals surface area contributed by atoms with Crippen LogP contribution in [0.1, 0.15) is 44.1 Å². The fourth-order valence-corrected chi connectivity index (χ4v) is 5.33. The second kappa shape index (κ2) is 10.0. The van der Waals surface area contributed by atoms with Crippen molar-refractivity contribution in [3.8, 4) is 0 Å². The van der Waals surface area contributed by atoms with Crippen LogP contribution in [0.5, 0.6) is 0 Å². The van der Waals surface area contributed by atoms with Crippen molar-refractivity contribution in [2.75, 3.05) is 10.8 Å². The SMILES string of the molecule is Cc1ccc(S(=O)(=O)N(CC(=O)NC2CCCCCC2)c2ccc(Cl)c(Cl)c2)cc1. The number of hydrogen-bond donors (Lipinski definition) is 1. The van der Waals surface area contributed by atoms with Crippen molar-refractivity contribution in [1.82, 2.24) is 5.32 Å². The molecule has 1 amide bonds. The second-order valence-electron chi connectivity index (χ2n) is 7.68. The monoisotopic (exact) mass is 468 g/mol. The van der Waals surface area contributed by atoms with Crippen LogP contribution in [0, 0.1) is 6.92 Å². The summed E-state index contributed by atoms with van der Waals surface area (Å²) in [5, 5.41) is 3.55. The van der Waals surface area contributed by atoms with Gasteiger partial charge in [-0.05, 0) is 50.1 Å². The van der Waals surface area contributed by atoms with Gasteiger partial charge in [0.25, 0.3) is 10.0 Å². The van der Waals surface area contributed by atoms with E-state index in [-0.39, 0.29) is 28.4 Å². The minimum Gasteiger partial charge on any atom is -0.352 e. The van der Waals surface area contributed by atoms with Gasteiger partial charge in [0.2, 0.25) is 5.91 Å². The molecule has 0 aliphatic heterocycles. The Bertz CT molecular complexity index is 986. The molecular weight excluding hydrogens is 443 g/mol. The largest absolute Gasteiger partial charge is 0.352 e. The Balaban J connectivity index is 1.89. The van der Waals surface area contributed by atoms with Crippen LogP contribution in [-0.2, 0) is 14.8 Å². The van der Waals surface area contributed by atoms with E-state index in [1.165, 1.54) is 25.0 Å². The molecule has 162 valence electrons. The zero-order valence-corrected chi connectivity index (χ0v) is 19.2. The zero-order chi connectivity index (χ0) is 21.7. The number of anilines is 1. The van der Waals surface area contributed by atoms with Gasteiger partial charge in [-0.2, -0.15) is 0 Å². The predicted molar refractivity (Wildman–Crippen MR) is 122 cm³/mol. The van der Waals surface area contributed by atoms with Crippen molar-refractivity contribution in [3.05, 3.63) is 58.1 Å². The molecule has 0 radical (unpaired) electrons. The molecule has 30 heavy (non-hydrogen) atoms. The topological polar surface area (TPSA) is 66.5 Å². The lowest BCUT2D eigenvalue weighted by Crippen LogP contribution is -2.44. The summed E-state index contributed by atoms with van der Waals surface area (Å²) in [6.45, 7) is 1.55. The van der Waals surface area contributed by atoms with Crippen LogP contribution in [0.3, 0.4) is 0 Å². The van der Waals surface area contributed by atoms with E-state index in [1.807, 2.05) is 6.92 Å². The van der Waals surface area contributed by atoms with Crippen molar-refractivity contribution in [2.24, 2.45) is 0 Å². The normalized spacial score (nSPS) is 15.4. The molecule has 0 spiro atoms. The highest BCUT2D eigenvalue weighted by atomic mass is 35.5. The van der Waals surface area contributed by atoms with Crippen LogP contribution >= 0.6 is 23.2 Å². The lowest BCUT2D eigenvalue weighted by atomic mass is 10.1. The van der Waals surface area contributed by atoms with E-state index in [2.05, 4.69) is 5.32 Å². The van der Waals surface area contributed by atoms with Crippen molar-refractivity contribution >= 4 is 44.8 Å². The molecule has 0 heterocycles. The average molecular weight is 469 g/mol. The lowest BCUT2D eigenvalue weighted by molar-refractivity contribution is -0.120. The molecule has 0 bridgehead atoms. The van der Waals surface area contributed by atoms with Gasteiger partial charge in [-0.3, -0.25) is 9.10 Å². The van der Waals surface area contributed by atoms with Crippen LogP contribution in [0.25, 0.3) is 0 Å². The number of nitrogens with zero attached hydrogens (tertiary/aromatic N) is 1. The van der Waals surface area contributed by atoms with Gasteiger partial charge in [-0.15, -0.1) is 0 Å². The minimum atomic E-state index is -3.97. The maximum atomic E-state index is 13.4. The number of rotatable bonds is 6. The highest BCUT2D eigenvalue weighted by molar-refractivity contribution is 7.92. The molecule has 2 aromatic rings. The van der Waals surface area contributed by atoms with Gasteiger partial charge >= 0.3 is 0 Å². The number of halogens is 2. The molecule has 1 aliphatic carbocycles. The van der Waals surface area contributed by atoms with E-state index in [0.29, 0.717) is 10.7 Å². The van der Waals surface area contributed by atoms with Gasteiger partial charge < -0.3 is 5.32 Å². The van der Waals surface area contributed by atoms with Crippen LogP contribution < -0.4 is 9.62 Å². The molecule has 8 heteroatoms. The smallest absolute Gasteiger partial charge is 0.264 e. The maximum Gasteiger partial charge on any atom is 0.264 e. The van der Waals surface area contributed by atoms with Gasteiger partial charge in [-0.25, -0.2) is 8.42 Å². The van der Waals surface area contributed by atoms with E-state index in [9.17, 15) is 13.2 Å². The third-order valence-corrected chi connectivity index (χ3v) is 7.83. The number of nitrogens with one attached hydrogen (secondary N) is 1. The maximum absolute atomic E-state index is 13.4. The first kappa shape index (κ1) is 22.9. The van der Waals surface area contributed by atoms with Gasteiger partial charge in [0.05, 0.1) is 20.6 Å². The number of carbonyl (C=O) groups is 1. The molecule has 0 aromatic heterocycles. The minimum absolute atomic E-state index is 0.0812. The molecule has 1 fully saturated rings. The Labute approximate surface area is 188 Å². The number of sulfonamides is 1. The number of amides is 1. The van der Waals surface area contributed by atoms with Gasteiger partial charge in [-0.1, -0.05) is 66.6 Å². The zero-order valence-electron chi connectivity index (χ0n) is 16.9. The summed E-state index contributed by atoms with van der Waals surface area (Å²) in [7, 11) is -3.97. The van der Waals surface area contributed by atoms with E-state index in [0.717, 1.165) is 35.6 Å². The Hall–Kier alpha value is -1.76. The van der Waals surface area contributed by atoms with E-state index >= 15 is 0 Å². The van der Waals surface area contributed by atoms with E-state index < -0.39 is 10.0 Å². The molecule has 1 saturated carbocycles. The Kier molecular flexibility index (Phi) is 7.66. The Morgan fingerprint density at radius 1 is 1.00 bits per heavy atom. The standard InChI is InChI=1S/C22H26Cl2N2O3S/c1-16-8-11-19(12-9-16)30(28,29)26(18-10-13-20(23)21(24)14-18)15-22(27)25-17-6-4-2-3-5-7-17/h8-14,17H,2-7,15H2,1H3,(H,25,27). The predicted octanol–water partition coefficient (Wildman–Crippen LogP) is 5.34. The highest BCUT2D eigenvalue weighted by Gasteiger charge is 2.28. The van der Waals surface area contributed by atoms with Gasteiger partial charge in [0.15, 0.2) is 0 Å². The summed E-state index contributed by atoms with van der Waals surface area (Å²) in [5.74, 6) is -0.330. The van der Waals surface area contributed by atoms with Crippen molar-refractivity contribution in [3.63, 3.8) is 0 Å². The molecule has 0 unspecified atom stereocenters. The molecule has 3 rings (SSSR count). The number of carbonyl (C=O) groups excluding carboxylic acids is 1. The lowest BCUT2D eigenvalue weighted by Gasteiger charge is -2.26. The van der Waals surface area contributed by atoms with Crippen molar-refractivity contribution in [2.45, 2.75) is 56.4 Å². The summed E-state index contributed by atoms with van der Waals surface area (Å²) < 4.78 is 27.9.